The second kappa shape index (κ2) is 9.57. The van der Waals surface area contributed by atoms with Crippen LogP contribution in [0.25, 0.3) is 0 Å². The maximum absolute atomic E-state index is 12.8. The molecule has 1 amide bonds. The van der Waals surface area contributed by atoms with Crippen LogP contribution in [-0.2, 0) is 21.4 Å². The summed E-state index contributed by atoms with van der Waals surface area (Å²) in [4.78, 5) is 16.6. The first-order valence-corrected chi connectivity index (χ1v) is 12.2. The minimum absolute atomic E-state index is 0.0377. The Labute approximate surface area is 181 Å². The van der Waals surface area contributed by atoms with E-state index >= 15 is 0 Å². The van der Waals surface area contributed by atoms with Crippen LogP contribution >= 0.6 is 22.9 Å². The van der Waals surface area contributed by atoms with Crippen LogP contribution in [0.2, 0.25) is 4.34 Å². The van der Waals surface area contributed by atoms with Crippen LogP contribution in [0.3, 0.4) is 0 Å². The van der Waals surface area contributed by atoms with E-state index in [1.807, 2.05) is 13.0 Å². The fourth-order valence-electron chi connectivity index (χ4n) is 3.38. The van der Waals surface area contributed by atoms with Crippen molar-refractivity contribution < 1.29 is 13.2 Å². The van der Waals surface area contributed by atoms with Crippen molar-refractivity contribution in [3.63, 3.8) is 0 Å². The molecule has 1 fully saturated rings. The number of likely N-dealkylation sites (N-methyl/N-ethyl adjacent to an activating group) is 1. The largest absolute Gasteiger partial charge is 0.339 e. The first kappa shape index (κ1) is 22.2. The standard InChI is InChI=1S/C20H26ClN3O3S2/c1-3-22(14-17-6-4-5-16(2)13-17)15-19(25)23-9-11-24(12-10-23)29(26,27)20-8-7-18(21)28-20/h4-8,13H,3,9-12,14-15H2,1-2H3. The normalized spacial score (nSPS) is 15.8. The monoisotopic (exact) mass is 455 g/mol. The summed E-state index contributed by atoms with van der Waals surface area (Å²) in [5.41, 5.74) is 2.39. The zero-order valence-corrected chi connectivity index (χ0v) is 19.1. The third kappa shape index (κ3) is 5.58. The number of thiophene rings is 1. The van der Waals surface area contributed by atoms with Gasteiger partial charge in [0, 0.05) is 32.7 Å². The number of nitrogens with zero attached hydrogens (tertiary/aromatic N) is 3. The maximum Gasteiger partial charge on any atom is 0.252 e. The van der Waals surface area contributed by atoms with E-state index in [2.05, 4.69) is 30.0 Å². The Morgan fingerprint density at radius 3 is 2.48 bits per heavy atom. The summed E-state index contributed by atoms with van der Waals surface area (Å²) in [5.74, 6) is 0.0377. The summed E-state index contributed by atoms with van der Waals surface area (Å²) in [7, 11) is -3.54. The van der Waals surface area contributed by atoms with E-state index in [1.165, 1.54) is 21.5 Å². The molecule has 3 rings (SSSR count). The highest BCUT2D eigenvalue weighted by atomic mass is 35.5. The van der Waals surface area contributed by atoms with Crippen molar-refractivity contribution in [2.75, 3.05) is 39.3 Å². The van der Waals surface area contributed by atoms with Gasteiger partial charge in [-0.3, -0.25) is 9.69 Å². The van der Waals surface area contributed by atoms with Crippen molar-refractivity contribution in [3.8, 4) is 0 Å². The first-order chi connectivity index (χ1) is 13.8. The number of sulfonamides is 1. The van der Waals surface area contributed by atoms with Crippen molar-refractivity contribution >= 4 is 38.9 Å². The molecule has 0 radical (unpaired) electrons. The molecule has 1 aliphatic rings. The van der Waals surface area contributed by atoms with Gasteiger partial charge in [-0.1, -0.05) is 48.4 Å². The molecule has 0 aliphatic carbocycles. The lowest BCUT2D eigenvalue weighted by Crippen LogP contribution is -2.52. The Morgan fingerprint density at radius 1 is 1.17 bits per heavy atom. The first-order valence-electron chi connectivity index (χ1n) is 9.60. The second-order valence-electron chi connectivity index (χ2n) is 7.14. The number of hydrogen-bond donors (Lipinski definition) is 0. The molecule has 2 aromatic rings. The number of piperazine rings is 1. The molecule has 2 heterocycles. The van der Waals surface area contributed by atoms with Gasteiger partial charge in [0.25, 0.3) is 10.0 Å². The Hall–Kier alpha value is -1.45. The van der Waals surface area contributed by atoms with E-state index in [-0.39, 0.29) is 10.1 Å². The Kier molecular flexibility index (Phi) is 7.34. The van der Waals surface area contributed by atoms with Crippen molar-refractivity contribution in [1.82, 2.24) is 14.1 Å². The number of aryl methyl sites for hydroxylation is 1. The van der Waals surface area contributed by atoms with E-state index in [4.69, 9.17) is 11.6 Å². The predicted molar refractivity (Wildman–Crippen MR) is 117 cm³/mol. The van der Waals surface area contributed by atoms with Gasteiger partial charge < -0.3 is 4.90 Å². The fourth-order valence-corrected chi connectivity index (χ4v) is 6.44. The van der Waals surface area contributed by atoms with Gasteiger partial charge in [0.1, 0.15) is 4.21 Å². The molecule has 6 nitrogen and oxygen atoms in total. The van der Waals surface area contributed by atoms with Gasteiger partial charge in [0.15, 0.2) is 0 Å². The molecule has 158 valence electrons. The molecule has 1 saturated heterocycles. The van der Waals surface area contributed by atoms with Crippen LogP contribution in [0.4, 0.5) is 0 Å². The van der Waals surface area contributed by atoms with Crippen LogP contribution in [-0.4, -0.2) is 67.7 Å². The number of carbonyl (C=O) groups excluding carboxylic acids is 1. The molecule has 0 N–H and O–H groups in total. The second-order valence-corrected chi connectivity index (χ2v) is 11.0. The fraction of sp³-hybridized carbons (Fsp3) is 0.450. The molecule has 0 spiro atoms. The minimum atomic E-state index is -3.54. The summed E-state index contributed by atoms with van der Waals surface area (Å²) >= 11 is 6.93. The summed E-state index contributed by atoms with van der Waals surface area (Å²) in [5, 5.41) is 0. The number of hydrogen-bond acceptors (Lipinski definition) is 5. The number of rotatable bonds is 7. The van der Waals surface area contributed by atoms with Crippen molar-refractivity contribution in [1.29, 1.82) is 0 Å². The van der Waals surface area contributed by atoms with Gasteiger partial charge in [-0.2, -0.15) is 4.31 Å². The average molecular weight is 456 g/mol. The van der Waals surface area contributed by atoms with Crippen LogP contribution in [0.1, 0.15) is 18.1 Å². The number of carbonyl (C=O) groups is 1. The molecule has 29 heavy (non-hydrogen) atoms. The molecule has 0 bridgehead atoms. The SMILES string of the molecule is CCN(CC(=O)N1CCN(S(=O)(=O)c2ccc(Cl)s2)CC1)Cc1cccc(C)c1. The maximum atomic E-state index is 12.8. The van der Waals surface area contributed by atoms with Gasteiger partial charge >= 0.3 is 0 Å². The van der Waals surface area contributed by atoms with Gasteiger partial charge in [-0.05, 0) is 31.2 Å². The predicted octanol–water partition coefficient (Wildman–Crippen LogP) is 3.06. The van der Waals surface area contributed by atoms with Gasteiger partial charge in [-0.25, -0.2) is 8.42 Å². The Balaban J connectivity index is 1.55. The highest BCUT2D eigenvalue weighted by molar-refractivity contribution is 7.91. The number of halogens is 1. The average Bonchev–Trinajstić information content (AvgIpc) is 3.15. The summed E-state index contributed by atoms with van der Waals surface area (Å²) in [6, 6.07) is 11.4. The van der Waals surface area contributed by atoms with E-state index in [0.29, 0.717) is 37.1 Å². The molecule has 9 heteroatoms. The Bertz CT molecular complexity index is 953. The van der Waals surface area contributed by atoms with Crippen molar-refractivity contribution in [2.24, 2.45) is 0 Å². The minimum Gasteiger partial charge on any atom is -0.339 e. The lowest BCUT2D eigenvalue weighted by Gasteiger charge is -2.34. The van der Waals surface area contributed by atoms with Crippen molar-refractivity contribution in [3.05, 3.63) is 51.9 Å². The third-order valence-corrected chi connectivity index (χ3v) is 8.63. The highest BCUT2D eigenvalue weighted by Crippen LogP contribution is 2.28. The van der Waals surface area contributed by atoms with E-state index < -0.39 is 10.0 Å². The van der Waals surface area contributed by atoms with Crippen molar-refractivity contribution in [2.45, 2.75) is 24.6 Å². The van der Waals surface area contributed by atoms with Gasteiger partial charge in [0.05, 0.1) is 10.9 Å². The molecular weight excluding hydrogens is 430 g/mol. The molecule has 1 aromatic carbocycles. The third-order valence-electron chi connectivity index (χ3n) is 5.03. The molecule has 1 aromatic heterocycles. The summed E-state index contributed by atoms with van der Waals surface area (Å²) < 4.78 is 27.5. The van der Waals surface area contributed by atoms with Crippen LogP contribution in [0, 0.1) is 6.92 Å². The molecular formula is C20H26ClN3O3S2. The molecule has 1 aliphatic heterocycles. The van der Waals surface area contributed by atoms with E-state index in [0.717, 1.165) is 24.4 Å². The van der Waals surface area contributed by atoms with E-state index in [1.54, 1.807) is 11.0 Å². The van der Waals surface area contributed by atoms with Crippen LogP contribution in [0.5, 0.6) is 0 Å². The summed E-state index contributed by atoms with van der Waals surface area (Å²) in [6.45, 7) is 7.32. The highest BCUT2D eigenvalue weighted by Gasteiger charge is 2.31. The van der Waals surface area contributed by atoms with Gasteiger partial charge in [0.2, 0.25) is 5.91 Å². The van der Waals surface area contributed by atoms with E-state index in [9.17, 15) is 13.2 Å². The molecule has 0 saturated carbocycles. The van der Waals surface area contributed by atoms with Gasteiger partial charge in [-0.15, -0.1) is 11.3 Å². The lowest BCUT2D eigenvalue weighted by atomic mass is 10.1. The number of benzene rings is 1. The zero-order valence-electron chi connectivity index (χ0n) is 16.7. The molecule has 0 unspecified atom stereocenters. The Morgan fingerprint density at radius 2 is 1.90 bits per heavy atom. The van der Waals surface area contributed by atoms with Crippen LogP contribution < -0.4 is 0 Å². The zero-order chi connectivity index (χ0) is 21.0. The number of amides is 1. The van der Waals surface area contributed by atoms with Crippen LogP contribution in [0.15, 0.2) is 40.6 Å². The summed E-state index contributed by atoms with van der Waals surface area (Å²) in [6.07, 6.45) is 0. The quantitative estimate of drug-likeness (QED) is 0.643. The molecule has 0 atom stereocenters. The lowest BCUT2D eigenvalue weighted by molar-refractivity contribution is -0.133. The topological polar surface area (TPSA) is 60.9 Å². The smallest absolute Gasteiger partial charge is 0.252 e.